The fourth-order valence-electron chi connectivity index (χ4n) is 2.98. The Balaban J connectivity index is 1.78. The molecule has 0 saturated carbocycles. The molecule has 9 nitrogen and oxygen atoms in total. The van der Waals surface area contributed by atoms with Crippen molar-refractivity contribution in [3.63, 3.8) is 0 Å². The van der Waals surface area contributed by atoms with Gasteiger partial charge in [-0.3, -0.25) is 20.5 Å². The molecule has 4 N–H and O–H groups in total. The van der Waals surface area contributed by atoms with Crippen molar-refractivity contribution in [2.24, 2.45) is 4.99 Å². The number of anilines is 1. The van der Waals surface area contributed by atoms with E-state index >= 15 is 0 Å². The Kier molecular flexibility index (Phi) is 5.65. The van der Waals surface area contributed by atoms with E-state index in [2.05, 4.69) is 25.9 Å². The molecule has 1 unspecified atom stereocenters. The highest BCUT2D eigenvalue weighted by atomic mass is 19.1. The first-order valence-corrected chi connectivity index (χ1v) is 8.60. The standard InChI is InChI=1S/C17H21FN6O3/c1-9(2)20-14(25)8-19-16-15(23-27-24-16)17(22-26)21-13-6-4-10-3-5-11(18)7-12(10)13/h3,5,7,9,13,26H,4,6,8H2,1-2H3,(H,19,24)(H,20,25)(H,21,22). The van der Waals surface area contributed by atoms with Gasteiger partial charge >= 0.3 is 0 Å². The van der Waals surface area contributed by atoms with Gasteiger partial charge in [-0.1, -0.05) is 6.07 Å². The zero-order chi connectivity index (χ0) is 19.4. The number of fused-ring (bicyclic) bond motifs is 1. The number of carbonyl (C=O) groups excluding carboxylic acids is 1. The van der Waals surface area contributed by atoms with Crippen LogP contribution in [0.4, 0.5) is 10.2 Å². The third-order valence-corrected chi connectivity index (χ3v) is 4.12. The van der Waals surface area contributed by atoms with E-state index in [1.807, 2.05) is 19.3 Å². The molecule has 144 valence electrons. The van der Waals surface area contributed by atoms with Crippen molar-refractivity contribution in [2.45, 2.75) is 38.8 Å². The summed E-state index contributed by atoms with van der Waals surface area (Å²) in [6.07, 6.45) is 1.44. The van der Waals surface area contributed by atoms with Gasteiger partial charge in [0.05, 0.1) is 12.6 Å². The fourth-order valence-corrected chi connectivity index (χ4v) is 2.98. The number of carbonyl (C=O) groups is 1. The number of aromatic nitrogens is 2. The van der Waals surface area contributed by atoms with Crippen LogP contribution in [-0.2, 0) is 11.2 Å². The SMILES string of the molecule is CC(C)NC(=O)CNc1nonc1C(=NC1CCc2ccc(F)cc21)NO. The Morgan fingerprint density at radius 2 is 2.26 bits per heavy atom. The van der Waals surface area contributed by atoms with E-state index < -0.39 is 0 Å². The first-order chi connectivity index (χ1) is 13.0. The molecule has 0 radical (unpaired) electrons. The molecule has 0 bridgehead atoms. The lowest BCUT2D eigenvalue weighted by molar-refractivity contribution is -0.119. The minimum atomic E-state index is -0.337. The summed E-state index contributed by atoms with van der Waals surface area (Å²) in [4.78, 5) is 16.2. The Morgan fingerprint density at radius 1 is 1.44 bits per heavy atom. The molecule has 1 atom stereocenters. The van der Waals surface area contributed by atoms with Gasteiger partial charge in [0.2, 0.25) is 11.7 Å². The first kappa shape index (κ1) is 18.8. The topological polar surface area (TPSA) is 125 Å². The smallest absolute Gasteiger partial charge is 0.239 e. The van der Waals surface area contributed by atoms with Gasteiger partial charge in [0.15, 0.2) is 11.5 Å². The molecule has 1 aliphatic carbocycles. The van der Waals surface area contributed by atoms with Gasteiger partial charge < -0.3 is 10.6 Å². The van der Waals surface area contributed by atoms with Gasteiger partial charge in [-0.25, -0.2) is 9.02 Å². The lowest BCUT2D eigenvalue weighted by Crippen LogP contribution is -2.35. The van der Waals surface area contributed by atoms with E-state index in [-0.39, 0.29) is 47.7 Å². The summed E-state index contributed by atoms with van der Waals surface area (Å²) in [5.74, 6) is -0.387. The second-order valence-corrected chi connectivity index (χ2v) is 6.52. The van der Waals surface area contributed by atoms with Crippen LogP contribution in [0.5, 0.6) is 0 Å². The van der Waals surface area contributed by atoms with Crippen LogP contribution >= 0.6 is 0 Å². The number of halogens is 1. The van der Waals surface area contributed by atoms with Crippen molar-refractivity contribution in [1.29, 1.82) is 0 Å². The molecule has 3 rings (SSSR count). The molecular weight excluding hydrogens is 355 g/mol. The number of hydrogen-bond acceptors (Lipinski definition) is 7. The summed E-state index contributed by atoms with van der Waals surface area (Å²) in [6, 6.07) is 4.28. The highest BCUT2D eigenvalue weighted by molar-refractivity contribution is 6.00. The number of rotatable bonds is 6. The largest absolute Gasteiger partial charge is 0.356 e. The lowest BCUT2D eigenvalue weighted by Gasteiger charge is -2.11. The van der Waals surface area contributed by atoms with Crippen molar-refractivity contribution in [2.75, 3.05) is 11.9 Å². The molecule has 1 amide bonds. The molecule has 2 aromatic rings. The van der Waals surface area contributed by atoms with E-state index in [9.17, 15) is 14.4 Å². The molecule has 1 heterocycles. The molecule has 27 heavy (non-hydrogen) atoms. The summed E-state index contributed by atoms with van der Waals surface area (Å²) >= 11 is 0. The number of benzene rings is 1. The van der Waals surface area contributed by atoms with Crippen LogP contribution in [-0.4, -0.2) is 39.8 Å². The third-order valence-electron chi connectivity index (χ3n) is 4.12. The number of amidine groups is 1. The molecule has 1 aliphatic rings. The maximum Gasteiger partial charge on any atom is 0.239 e. The van der Waals surface area contributed by atoms with Crippen molar-refractivity contribution in [1.82, 2.24) is 21.1 Å². The molecule has 0 fully saturated rings. The quantitative estimate of drug-likeness (QED) is 0.342. The van der Waals surface area contributed by atoms with Gasteiger partial charge in [0.1, 0.15) is 5.82 Å². The van der Waals surface area contributed by atoms with E-state index in [1.54, 1.807) is 6.07 Å². The first-order valence-electron chi connectivity index (χ1n) is 8.60. The number of hydroxylamine groups is 1. The molecule has 0 aliphatic heterocycles. The minimum absolute atomic E-state index is 0.00765. The highest BCUT2D eigenvalue weighted by Crippen LogP contribution is 2.35. The predicted molar refractivity (Wildman–Crippen MR) is 95.0 cm³/mol. The summed E-state index contributed by atoms with van der Waals surface area (Å²) in [7, 11) is 0. The van der Waals surface area contributed by atoms with Gasteiger partial charge in [-0.15, -0.1) is 0 Å². The van der Waals surface area contributed by atoms with E-state index in [0.29, 0.717) is 6.42 Å². The maximum absolute atomic E-state index is 13.6. The number of nitrogens with one attached hydrogen (secondary N) is 3. The van der Waals surface area contributed by atoms with Crippen LogP contribution in [0, 0.1) is 5.82 Å². The zero-order valence-corrected chi connectivity index (χ0v) is 15.0. The van der Waals surface area contributed by atoms with Crippen LogP contribution < -0.4 is 16.1 Å². The molecule has 0 saturated heterocycles. The van der Waals surface area contributed by atoms with Crippen molar-refractivity contribution < 1.29 is 19.0 Å². The van der Waals surface area contributed by atoms with Crippen molar-refractivity contribution in [3.05, 3.63) is 40.8 Å². The number of aliphatic imine (C=N–C) groups is 1. The van der Waals surface area contributed by atoms with Crippen molar-refractivity contribution >= 4 is 17.6 Å². The summed E-state index contributed by atoms with van der Waals surface area (Å²) in [5.41, 5.74) is 3.90. The van der Waals surface area contributed by atoms with Crippen LogP contribution in [0.3, 0.4) is 0 Å². The third kappa shape index (κ3) is 4.40. The monoisotopic (exact) mass is 376 g/mol. The Labute approximate surface area is 155 Å². The van der Waals surface area contributed by atoms with Crippen LogP contribution in [0.2, 0.25) is 0 Å². The number of amides is 1. The highest BCUT2D eigenvalue weighted by Gasteiger charge is 2.25. The van der Waals surface area contributed by atoms with Crippen LogP contribution in [0.25, 0.3) is 0 Å². The molecule has 1 aromatic carbocycles. The Bertz CT molecular complexity index is 851. The van der Waals surface area contributed by atoms with Crippen LogP contribution in [0.15, 0.2) is 27.8 Å². The minimum Gasteiger partial charge on any atom is -0.356 e. The predicted octanol–water partition coefficient (Wildman–Crippen LogP) is 1.56. The Hall–Kier alpha value is -3.01. The zero-order valence-electron chi connectivity index (χ0n) is 15.0. The van der Waals surface area contributed by atoms with Crippen LogP contribution in [0.1, 0.15) is 43.1 Å². The fraction of sp³-hybridized carbons (Fsp3) is 0.412. The summed E-state index contributed by atoms with van der Waals surface area (Å²) in [5, 5.41) is 22.5. The van der Waals surface area contributed by atoms with Gasteiger partial charge in [0.25, 0.3) is 0 Å². The van der Waals surface area contributed by atoms with Gasteiger partial charge in [0, 0.05) is 6.04 Å². The summed E-state index contributed by atoms with van der Waals surface area (Å²) in [6.45, 7) is 3.66. The van der Waals surface area contributed by atoms with E-state index in [4.69, 9.17) is 4.63 Å². The van der Waals surface area contributed by atoms with Gasteiger partial charge in [-0.05, 0) is 60.3 Å². The number of nitrogens with zero attached hydrogens (tertiary/aromatic N) is 3. The molecule has 0 spiro atoms. The van der Waals surface area contributed by atoms with Crippen molar-refractivity contribution in [3.8, 4) is 0 Å². The molecule has 1 aromatic heterocycles. The number of aryl methyl sites for hydroxylation is 1. The number of hydrogen-bond donors (Lipinski definition) is 4. The van der Waals surface area contributed by atoms with E-state index in [0.717, 1.165) is 17.5 Å². The van der Waals surface area contributed by atoms with E-state index in [1.165, 1.54) is 12.1 Å². The maximum atomic E-state index is 13.6. The Morgan fingerprint density at radius 3 is 3.00 bits per heavy atom. The normalized spacial score (nSPS) is 16.3. The molecular formula is C17H21FN6O3. The second kappa shape index (κ2) is 8.12. The average Bonchev–Trinajstić information content (AvgIpc) is 3.24. The second-order valence-electron chi connectivity index (χ2n) is 6.52. The average molecular weight is 376 g/mol. The van der Waals surface area contributed by atoms with Gasteiger partial charge in [-0.2, -0.15) is 0 Å². The molecule has 10 heteroatoms. The summed E-state index contributed by atoms with van der Waals surface area (Å²) < 4.78 is 18.3. The lowest BCUT2D eigenvalue weighted by atomic mass is 10.1.